The van der Waals surface area contributed by atoms with Crippen LogP contribution in [0.2, 0.25) is 0 Å². The lowest BCUT2D eigenvalue weighted by Gasteiger charge is -2.43. The Labute approximate surface area is 96.2 Å². The first-order valence-corrected chi connectivity index (χ1v) is 5.97. The summed E-state index contributed by atoms with van der Waals surface area (Å²) in [5.41, 5.74) is 0.509. The Morgan fingerprint density at radius 3 is 2.88 bits per heavy atom. The van der Waals surface area contributed by atoms with Gasteiger partial charge in [-0.3, -0.25) is 4.68 Å². The van der Waals surface area contributed by atoms with Gasteiger partial charge in [-0.15, -0.1) is 0 Å². The number of nitrogens with zero attached hydrogens (tertiary/aromatic N) is 2. The van der Waals surface area contributed by atoms with E-state index in [2.05, 4.69) is 12.0 Å². The van der Waals surface area contributed by atoms with Gasteiger partial charge in [-0.05, 0) is 25.7 Å². The minimum absolute atomic E-state index is 0.361. The van der Waals surface area contributed by atoms with Crippen LogP contribution in [-0.4, -0.2) is 27.6 Å². The average molecular weight is 224 g/mol. The van der Waals surface area contributed by atoms with E-state index in [-0.39, 0.29) is 5.60 Å². The summed E-state index contributed by atoms with van der Waals surface area (Å²) in [7, 11) is 1.68. The minimum Gasteiger partial charge on any atom is -0.385 e. The number of aliphatic hydroxyl groups is 1. The normalized spacial score (nSPS) is 20.4. The van der Waals surface area contributed by atoms with Gasteiger partial charge in [0, 0.05) is 25.4 Å². The SMILES string of the molecule is CCCn1cc(C(O)C2(OC)CCC2)cn1. The van der Waals surface area contributed by atoms with Gasteiger partial charge in [0.25, 0.3) is 0 Å². The Hall–Kier alpha value is -0.870. The van der Waals surface area contributed by atoms with E-state index in [0.29, 0.717) is 0 Å². The first-order valence-electron chi connectivity index (χ1n) is 5.97. The molecule has 1 saturated carbocycles. The number of ether oxygens (including phenoxy) is 1. The summed E-state index contributed by atoms with van der Waals surface area (Å²) in [5, 5.41) is 14.5. The van der Waals surface area contributed by atoms with Crippen molar-refractivity contribution in [3.63, 3.8) is 0 Å². The van der Waals surface area contributed by atoms with E-state index in [1.54, 1.807) is 13.3 Å². The maximum absolute atomic E-state index is 10.3. The molecule has 1 fully saturated rings. The standard InChI is InChI=1S/C12H20N2O2/c1-3-7-14-9-10(8-13-14)11(15)12(16-2)5-4-6-12/h8-9,11,15H,3-7H2,1-2H3. The molecule has 0 spiro atoms. The zero-order valence-electron chi connectivity index (χ0n) is 10.0. The summed E-state index contributed by atoms with van der Waals surface area (Å²) < 4.78 is 7.35. The van der Waals surface area contributed by atoms with Gasteiger partial charge in [0.05, 0.1) is 11.8 Å². The van der Waals surface area contributed by atoms with Crippen LogP contribution in [0.1, 0.15) is 44.3 Å². The van der Waals surface area contributed by atoms with E-state index in [0.717, 1.165) is 37.8 Å². The molecule has 0 aliphatic heterocycles. The number of methoxy groups -OCH3 is 1. The predicted octanol–water partition coefficient (Wildman–Crippen LogP) is 1.90. The fraction of sp³-hybridized carbons (Fsp3) is 0.750. The minimum atomic E-state index is -0.545. The molecule has 0 bridgehead atoms. The van der Waals surface area contributed by atoms with E-state index in [1.165, 1.54) is 0 Å². The third kappa shape index (κ3) is 1.87. The number of hydrogen-bond acceptors (Lipinski definition) is 3. The molecule has 1 aromatic heterocycles. The highest BCUT2D eigenvalue weighted by atomic mass is 16.5. The zero-order valence-corrected chi connectivity index (χ0v) is 10.0. The molecule has 1 unspecified atom stereocenters. The van der Waals surface area contributed by atoms with Crippen LogP contribution >= 0.6 is 0 Å². The summed E-state index contributed by atoms with van der Waals surface area (Å²) in [5.74, 6) is 0. The largest absolute Gasteiger partial charge is 0.385 e. The second-order valence-electron chi connectivity index (χ2n) is 4.56. The lowest BCUT2D eigenvalue weighted by Crippen LogP contribution is -2.44. The molecule has 16 heavy (non-hydrogen) atoms. The maximum atomic E-state index is 10.3. The molecule has 1 aromatic rings. The van der Waals surface area contributed by atoms with Crippen LogP contribution < -0.4 is 0 Å². The fourth-order valence-corrected chi connectivity index (χ4v) is 2.29. The highest BCUT2D eigenvalue weighted by Crippen LogP contribution is 2.44. The van der Waals surface area contributed by atoms with Crippen LogP contribution in [0.15, 0.2) is 12.4 Å². The molecule has 0 amide bonds. The van der Waals surface area contributed by atoms with E-state index in [4.69, 9.17) is 4.74 Å². The number of rotatable bonds is 5. The Morgan fingerprint density at radius 1 is 1.62 bits per heavy atom. The third-order valence-corrected chi connectivity index (χ3v) is 3.53. The second kappa shape index (κ2) is 4.55. The Morgan fingerprint density at radius 2 is 2.38 bits per heavy atom. The van der Waals surface area contributed by atoms with Crippen LogP contribution in [-0.2, 0) is 11.3 Å². The Bertz CT molecular complexity index is 339. The summed E-state index contributed by atoms with van der Waals surface area (Å²) in [6.45, 7) is 3.01. The molecule has 1 atom stereocenters. The Kier molecular flexibility index (Phi) is 3.30. The van der Waals surface area contributed by atoms with E-state index >= 15 is 0 Å². The van der Waals surface area contributed by atoms with Gasteiger partial charge in [0.1, 0.15) is 6.10 Å². The predicted molar refractivity (Wildman–Crippen MR) is 61.1 cm³/mol. The van der Waals surface area contributed by atoms with Gasteiger partial charge in [0.2, 0.25) is 0 Å². The number of hydrogen-bond donors (Lipinski definition) is 1. The van der Waals surface area contributed by atoms with Crippen LogP contribution in [0.5, 0.6) is 0 Å². The number of aryl methyl sites for hydroxylation is 1. The van der Waals surface area contributed by atoms with Gasteiger partial charge in [-0.2, -0.15) is 5.10 Å². The monoisotopic (exact) mass is 224 g/mol. The van der Waals surface area contributed by atoms with Crippen molar-refractivity contribution in [1.82, 2.24) is 9.78 Å². The highest BCUT2D eigenvalue weighted by Gasteiger charge is 2.44. The molecule has 0 aromatic carbocycles. The second-order valence-corrected chi connectivity index (χ2v) is 4.56. The third-order valence-electron chi connectivity index (χ3n) is 3.53. The molecule has 2 rings (SSSR count). The molecule has 0 saturated heterocycles. The highest BCUT2D eigenvalue weighted by molar-refractivity contribution is 5.15. The van der Waals surface area contributed by atoms with Crippen LogP contribution in [0, 0.1) is 0 Å². The van der Waals surface area contributed by atoms with Crippen molar-refractivity contribution >= 4 is 0 Å². The zero-order chi connectivity index (χ0) is 11.6. The molecule has 1 N–H and O–H groups in total. The molecule has 1 aliphatic rings. The lowest BCUT2D eigenvalue weighted by molar-refractivity contribution is -0.151. The van der Waals surface area contributed by atoms with Crippen molar-refractivity contribution in [2.45, 2.75) is 50.9 Å². The summed E-state index contributed by atoms with van der Waals surface area (Å²) >= 11 is 0. The topological polar surface area (TPSA) is 47.3 Å². The average Bonchev–Trinajstić information content (AvgIpc) is 2.66. The van der Waals surface area contributed by atoms with Gasteiger partial charge in [0.15, 0.2) is 0 Å². The molecule has 1 heterocycles. The molecule has 4 heteroatoms. The fourth-order valence-electron chi connectivity index (χ4n) is 2.29. The molecular formula is C12H20N2O2. The first kappa shape index (κ1) is 11.6. The quantitative estimate of drug-likeness (QED) is 0.831. The van der Waals surface area contributed by atoms with E-state index < -0.39 is 6.10 Å². The van der Waals surface area contributed by atoms with Crippen LogP contribution in [0.25, 0.3) is 0 Å². The molecular weight excluding hydrogens is 204 g/mol. The van der Waals surface area contributed by atoms with Crippen molar-refractivity contribution in [2.24, 2.45) is 0 Å². The van der Waals surface area contributed by atoms with Crippen molar-refractivity contribution in [1.29, 1.82) is 0 Å². The van der Waals surface area contributed by atoms with Crippen LogP contribution in [0.3, 0.4) is 0 Å². The molecule has 4 nitrogen and oxygen atoms in total. The first-order chi connectivity index (χ1) is 7.72. The van der Waals surface area contributed by atoms with E-state index in [1.807, 2.05) is 10.9 Å². The van der Waals surface area contributed by atoms with Crippen molar-refractivity contribution in [2.75, 3.05) is 7.11 Å². The van der Waals surface area contributed by atoms with Gasteiger partial charge >= 0.3 is 0 Å². The van der Waals surface area contributed by atoms with Crippen LogP contribution in [0.4, 0.5) is 0 Å². The van der Waals surface area contributed by atoms with Crippen molar-refractivity contribution < 1.29 is 9.84 Å². The molecule has 90 valence electrons. The lowest BCUT2D eigenvalue weighted by atomic mass is 9.74. The summed E-state index contributed by atoms with van der Waals surface area (Å²) in [6.07, 6.45) is 7.18. The van der Waals surface area contributed by atoms with Gasteiger partial charge < -0.3 is 9.84 Å². The van der Waals surface area contributed by atoms with Gasteiger partial charge in [-0.1, -0.05) is 6.92 Å². The summed E-state index contributed by atoms with van der Waals surface area (Å²) in [4.78, 5) is 0. The Balaban J connectivity index is 2.10. The number of aliphatic hydroxyl groups excluding tert-OH is 1. The smallest absolute Gasteiger partial charge is 0.111 e. The van der Waals surface area contributed by atoms with E-state index in [9.17, 15) is 5.11 Å². The van der Waals surface area contributed by atoms with Crippen molar-refractivity contribution in [3.8, 4) is 0 Å². The summed E-state index contributed by atoms with van der Waals surface area (Å²) in [6, 6.07) is 0. The van der Waals surface area contributed by atoms with Crippen molar-refractivity contribution in [3.05, 3.63) is 18.0 Å². The molecule has 1 aliphatic carbocycles. The van der Waals surface area contributed by atoms with Gasteiger partial charge in [-0.25, -0.2) is 0 Å². The number of aromatic nitrogens is 2. The molecule has 0 radical (unpaired) electrons. The maximum Gasteiger partial charge on any atom is 0.111 e.